The molecule has 1 fully saturated rings. The van der Waals surface area contributed by atoms with E-state index in [0.29, 0.717) is 18.3 Å². The zero-order valence-electron chi connectivity index (χ0n) is 16.2. The van der Waals surface area contributed by atoms with Gasteiger partial charge < -0.3 is 10.1 Å². The lowest BCUT2D eigenvalue weighted by molar-refractivity contribution is -0.116. The molecule has 2 aromatic carbocycles. The predicted octanol–water partition coefficient (Wildman–Crippen LogP) is 4.37. The van der Waals surface area contributed by atoms with Crippen molar-refractivity contribution in [2.45, 2.75) is 39.0 Å². The van der Waals surface area contributed by atoms with Crippen molar-refractivity contribution < 1.29 is 9.53 Å². The molecule has 144 valence electrons. The van der Waals surface area contributed by atoms with Gasteiger partial charge in [-0.25, -0.2) is 4.98 Å². The molecule has 6 nitrogen and oxygen atoms in total. The quantitative estimate of drug-likeness (QED) is 0.641. The molecule has 0 unspecified atom stereocenters. The Labute approximate surface area is 164 Å². The van der Waals surface area contributed by atoms with E-state index in [-0.39, 0.29) is 12.3 Å². The molecule has 0 radical (unpaired) electrons. The molecule has 0 bridgehead atoms. The summed E-state index contributed by atoms with van der Waals surface area (Å²) in [6.07, 6.45) is 2.63. The van der Waals surface area contributed by atoms with Crippen LogP contribution in [-0.4, -0.2) is 27.7 Å². The van der Waals surface area contributed by atoms with E-state index >= 15 is 0 Å². The number of H-pyrrole nitrogens is 1. The molecule has 1 amide bonds. The van der Waals surface area contributed by atoms with Crippen molar-refractivity contribution in [2.24, 2.45) is 0 Å². The lowest BCUT2D eigenvalue weighted by Gasteiger charge is -2.10. The summed E-state index contributed by atoms with van der Waals surface area (Å²) >= 11 is 0. The molecule has 6 heteroatoms. The largest absolute Gasteiger partial charge is 0.493 e. The number of amides is 1. The SMILES string of the molecule is Cc1ccc(OCCC(=O)Nc2cccc(-c3n[nH]c(C4CC4)n3)c2)c(C)c1. The monoisotopic (exact) mass is 376 g/mol. The Morgan fingerprint density at radius 2 is 2.07 bits per heavy atom. The van der Waals surface area contributed by atoms with Gasteiger partial charge in [0, 0.05) is 17.2 Å². The molecule has 1 aromatic heterocycles. The molecule has 0 aliphatic heterocycles. The summed E-state index contributed by atoms with van der Waals surface area (Å²) < 4.78 is 5.74. The topological polar surface area (TPSA) is 79.9 Å². The number of carbonyl (C=O) groups is 1. The van der Waals surface area contributed by atoms with Crippen molar-refractivity contribution >= 4 is 11.6 Å². The van der Waals surface area contributed by atoms with Gasteiger partial charge in [0.15, 0.2) is 5.82 Å². The maximum atomic E-state index is 12.3. The van der Waals surface area contributed by atoms with Crippen LogP contribution in [0.2, 0.25) is 0 Å². The van der Waals surface area contributed by atoms with Gasteiger partial charge in [0.2, 0.25) is 5.91 Å². The van der Waals surface area contributed by atoms with Crippen molar-refractivity contribution in [3.05, 3.63) is 59.4 Å². The van der Waals surface area contributed by atoms with Crippen LogP contribution in [0.4, 0.5) is 5.69 Å². The van der Waals surface area contributed by atoms with Crippen LogP contribution in [-0.2, 0) is 4.79 Å². The average molecular weight is 376 g/mol. The Kier molecular flexibility index (Phi) is 5.10. The highest BCUT2D eigenvalue weighted by atomic mass is 16.5. The van der Waals surface area contributed by atoms with Gasteiger partial charge in [-0.1, -0.05) is 29.8 Å². The van der Waals surface area contributed by atoms with E-state index in [1.165, 1.54) is 18.4 Å². The fraction of sp³-hybridized carbons (Fsp3) is 0.318. The number of nitrogens with one attached hydrogen (secondary N) is 2. The smallest absolute Gasteiger partial charge is 0.227 e. The molecule has 0 saturated heterocycles. The lowest BCUT2D eigenvalue weighted by atomic mass is 10.1. The number of hydrogen-bond acceptors (Lipinski definition) is 4. The van der Waals surface area contributed by atoms with Gasteiger partial charge >= 0.3 is 0 Å². The number of benzene rings is 2. The van der Waals surface area contributed by atoms with Gasteiger partial charge in [0.1, 0.15) is 11.6 Å². The zero-order chi connectivity index (χ0) is 19.5. The minimum atomic E-state index is -0.0874. The average Bonchev–Trinajstić information content (AvgIpc) is 3.40. The molecule has 28 heavy (non-hydrogen) atoms. The van der Waals surface area contributed by atoms with Gasteiger partial charge in [-0.3, -0.25) is 9.89 Å². The van der Waals surface area contributed by atoms with E-state index in [2.05, 4.69) is 26.6 Å². The normalized spacial score (nSPS) is 13.4. The van der Waals surface area contributed by atoms with E-state index in [1.54, 1.807) is 0 Å². The standard InChI is InChI=1S/C22H24N4O2/c1-14-6-9-19(15(2)12-14)28-11-10-20(27)23-18-5-3-4-17(13-18)22-24-21(25-26-22)16-7-8-16/h3-6,9,12-13,16H,7-8,10-11H2,1-2H3,(H,23,27)(H,24,25,26). The first-order valence-corrected chi connectivity index (χ1v) is 9.61. The molecule has 1 saturated carbocycles. The molecule has 0 spiro atoms. The molecule has 0 atom stereocenters. The van der Waals surface area contributed by atoms with Crippen molar-refractivity contribution in [3.63, 3.8) is 0 Å². The van der Waals surface area contributed by atoms with Crippen LogP contribution in [0.15, 0.2) is 42.5 Å². The number of hydrogen-bond donors (Lipinski definition) is 2. The number of aryl methyl sites for hydroxylation is 2. The van der Waals surface area contributed by atoms with Gasteiger partial charge in [-0.2, -0.15) is 5.10 Å². The Balaban J connectivity index is 1.32. The number of nitrogens with zero attached hydrogens (tertiary/aromatic N) is 2. The van der Waals surface area contributed by atoms with Crippen LogP contribution < -0.4 is 10.1 Å². The molecular formula is C22H24N4O2. The summed E-state index contributed by atoms with van der Waals surface area (Å²) in [6, 6.07) is 13.6. The molecule has 1 aliphatic rings. The minimum absolute atomic E-state index is 0.0874. The van der Waals surface area contributed by atoms with Gasteiger partial charge in [0.25, 0.3) is 0 Å². The summed E-state index contributed by atoms with van der Waals surface area (Å²) in [5, 5.41) is 10.2. The third-order valence-corrected chi connectivity index (χ3v) is 4.79. The summed E-state index contributed by atoms with van der Waals surface area (Å²) in [5.41, 5.74) is 3.88. The van der Waals surface area contributed by atoms with E-state index in [4.69, 9.17) is 4.74 Å². The van der Waals surface area contributed by atoms with E-state index < -0.39 is 0 Å². The second-order valence-electron chi connectivity index (χ2n) is 7.31. The minimum Gasteiger partial charge on any atom is -0.493 e. The van der Waals surface area contributed by atoms with Crippen LogP contribution in [0.5, 0.6) is 5.75 Å². The van der Waals surface area contributed by atoms with Crippen molar-refractivity contribution in [2.75, 3.05) is 11.9 Å². The van der Waals surface area contributed by atoms with Gasteiger partial charge in [-0.05, 0) is 50.5 Å². The van der Waals surface area contributed by atoms with Crippen LogP contribution in [0.1, 0.15) is 42.1 Å². The number of ether oxygens (including phenoxy) is 1. The summed E-state index contributed by atoms with van der Waals surface area (Å²) in [4.78, 5) is 16.8. The Morgan fingerprint density at radius 3 is 2.86 bits per heavy atom. The van der Waals surface area contributed by atoms with Crippen LogP contribution in [0.3, 0.4) is 0 Å². The highest BCUT2D eigenvalue weighted by Crippen LogP contribution is 2.38. The molecular weight excluding hydrogens is 352 g/mol. The highest BCUT2D eigenvalue weighted by Gasteiger charge is 2.27. The van der Waals surface area contributed by atoms with E-state index in [1.807, 2.05) is 50.2 Å². The second-order valence-corrected chi connectivity index (χ2v) is 7.31. The van der Waals surface area contributed by atoms with Crippen molar-refractivity contribution in [1.29, 1.82) is 0 Å². The molecule has 4 rings (SSSR count). The van der Waals surface area contributed by atoms with E-state index in [0.717, 1.165) is 28.4 Å². The maximum Gasteiger partial charge on any atom is 0.227 e. The van der Waals surface area contributed by atoms with Crippen LogP contribution in [0.25, 0.3) is 11.4 Å². The van der Waals surface area contributed by atoms with E-state index in [9.17, 15) is 4.79 Å². The molecule has 2 N–H and O–H groups in total. The Morgan fingerprint density at radius 1 is 1.21 bits per heavy atom. The third kappa shape index (κ3) is 4.39. The fourth-order valence-electron chi connectivity index (χ4n) is 3.12. The number of rotatable bonds is 7. The Bertz CT molecular complexity index is 992. The molecule has 3 aromatic rings. The highest BCUT2D eigenvalue weighted by molar-refractivity contribution is 5.91. The second kappa shape index (κ2) is 7.84. The first-order chi connectivity index (χ1) is 13.6. The number of carbonyl (C=O) groups excluding carboxylic acids is 1. The predicted molar refractivity (Wildman–Crippen MR) is 108 cm³/mol. The van der Waals surface area contributed by atoms with Gasteiger partial charge in [0.05, 0.1) is 13.0 Å². The number of aromatic nitrogens is 3. The summed E-state index contributed by atoms with van der Waals surface area (Å²) in [7, 11) is 0. The lowest BCUT2D eigenvalue weighted by Crippen LogP contribution is -2.15. The number of aromatic amines is 1. The maximum absolute atomic E-state index is 12.3. The van der Waals surface area contributed by atoms with Crippen molar-refractivity contribution in [1.82, 2.24) is 15.2 Å². The molecule has 1 heterocycles. The van der Waals surface area contributed by atoms with Crippen LogP contribution >= 0.6 is 0 Å². The third-order valence-electron chi connectivity index (χ3n) is 4.79. The first-order valence-electron chi connectivity index (χ1n) is 9.61. The summed E-state index contributed by atoms with van der Waals surface area (Å²) in [5.74, 6) is 2.87. The summed E-state index contributed by atoms with van der Waals surface area (Å²) in [6.45, 7) is 4.39. The van der Waals surface area contributed by atoms with Crippen LogP contribution in [0, 0.1) is 13.8 Å². The van der Waals surface area contributed by atoms with Gasteiger partial charge in [-0.15, -0.1) is 0 Å². The van der Waals surface area contributed by atoms with Crippen molar-refractivity contribution in [3.8, 4) is 17.1 Å². The first kappa shape index (κ1) is 18.2. The Hall–Kier alpha value is -3.15. The number of anilines is 1. The zero-order valence-corrected chi connectivity index (χ0v) is 16.2. The fourth-order valence-corrected chi connectivity index (χ4v) is 3.12. The molecule has 1 aliphatic carbocycles.